The Kier molecular flexibility index (Phi) is 5.67. The summed E-state index contributed by atoms with van der Waals surface area (Å²) in [6.45, 7) is 13.9. The maximum Gasteiger partial charge on any atom is 0.114 e. The molecule has 0 amide bonds. The van der Waals surface area contributed by atoms with Gasteiger partial charge in [-0.3, -0.25) is 4.90 Å². The van der Waals surface area contributed by atoms with E-state index in [1.807, 2.05) is 19.1 Å². The lowest BCUT2D eigenvalue weighted by Crippen LogP contribution is -2.55. The molecule has 1 saturated heterocycles. The fraction of sp³-hybridized carbons (Fsp3) is 0.625. The van der Waals surface area contributed by atoms with Crippen molar-refractivity contribution in [1.29, 1.82) is 0 Å². The molecule has 18 heavy (non-hydrogen) atoms. The molecule has 2 nitrogen and oxygen atoms in total. The zero-order valence-corrected chi connectivity index (χ0v) is 12.3. The molecule has 0 aliphatic carbocycles. The monoisotopic (exact) mass is 249 g/mol. The van der Waals surface area contributed by atoms with Crippen molar-refractivity contribution in [3.63, 3.8) is 0 Å². The van der Waals surface area contributed by atoms with Crippen molar-refractivity contribution in [3.05, 3.63) is 36.1 Å². The van der Waals surface area contributed by atoms with Gasteiger partial charge in [-0.25, -0.2) is 0 Å². The van der Waals surface area contributed by atoms with Crippen molar-refractivity contribution in [2.75, 3.05) is 26.7 Å². The molecule has 102 valence electrons. The molecule has 0 aromatic carbocycles. The Labute approximate surface area is 112 Å². The molecule has 1 aliphatic heterocycles. The highest BCUT2D eigenvalue weighted by molar-refractivity contribution is 5.27. The maximum atomic E-state index is 5.27. The molecule has 0 aromatic rings. The van der Waals surface area contributed by atoms with Crippen LogP contribution in [-0.4, -0.2) is 31.6 Å². The summed E-state index contributed by atoms with van der Waals surface area (Å²) in [5, 5.41) is 0. The fourth-order valence-corrected chi connectivity index (χ4v) is 2.58. The molecule has 0 aromatic heterocycles. The second-order valence-corrected chi connectivity index (χ2v) is 5.17. The summed E-state index contributed by atoms with van der Waals surface area (Å²) >= 11 is 0. The molecule has 1 aliphatic rings. The summed E-state index contributed by atoms with van der Waals surface area (Å²) in [6.07, 6.45) is 8.55. The number of hydrogen-bond acceptors (Lipinski definition) is 2. The lowest BCUT2D eigenvalue weighted by atomic mass is 9.75. The lowest BCUT2D eigenvalue weighted by molar-refractivity contribution is 0.00192. The highest BCUT2D eigenvalue weighted by Crippen LogP contribution is 2.37. The van der Waals surface area contributed by atoms with Crippen molar-refractivity contribution in [1.82, 2.24) is 4.90 Å². The number of ether oxygens (including phenoxy) is 1. The smallest absolute Gasteiger partial charge is 0.114 e. The van der Waals surface area contributed by atoms with Crippen LogP contribution >= 0.6 is 0 Å². The Balaban J connectivity index is 2.55. The first-order chi connectivity index (χ1) is 8.62. The number of allylic oxidation sites excluding steroid dienone is 2. The second kappa shape index (κ2) is 6.79. The molecule has 2 heteroatoms. The summed E-state index contributed by atoms with van der Waals surface area (Å²) in [5.41, 5.74) is 1.79. The van der Waals surface area contributed by atoms with Gasteiger partial charge in [0.1, 0.15) is 5.76 Å². The standard InChI is InChI=1S/C16H27NO/c1-6-14(10-15(7-2)18-5)11-17-12-16(8-3,9-4)13-17/h6-7,10H,1,8-9,11-13H2,2-5H3/b14-10+,15-7+. The molecule has 0 saturated carbocycles. The van der Waals surface area contributed by atoms with E-state index in [1.54, 1.807) is 7.11 Å². The largest absolute Gasteiger partial charge is 0.497 e. The van der Waals surface area contributed by atoms with Crippen LogP contribution in [0.15, 0.2) is 36.1 Å². The van der Waals surface area contributed by atoms with Crippen LogP contribution in [0.2, 0.25) is 0 Å². The van der Waals surface area contributed by atoms with Crippen molar-refractivity contribution in [2.24, 2.45) is 5.41 Å². The van der Waals surface area contributed by atoms with Crippen LogP contribution in [0.3, 0.4) is 0 Å². The third-order valence-corrected chi connectivity index (χ3v) is 4.13. The normalized spacial score (nSPS) is 20.4. The van der Waals surface area contributed by atoms with Crippen LogP contribution < -0.4 is 0 Å². The number of likely N-dealkylation sites (tertiary alicyclic amines) is 1. The van der Waals surface area contributed by atoms with E-state index in [4.69, 9.17) is 4.74 Å². The highest BCUT2D eigenvalue weighted by atomic mass is 16.5. The van der Waals surface area contributed by atoms with E-state index >= 15 is 0 Å². The summed E-state index contributed by atoms with van der Waals surface area (Å²) in [6, 6.07) is 0. The molecule has 1 rings (SSSR count). The molecule has 0 bridgehead atoms. The third kappa shape index (κ3) is 3.49. The second-order valence-electron chi connectivity index (χ2n) is 5.17. The predicted molar refractivity (Wildman–Crippen MR) is 78.5 cm³/mol. The van der Waals surface area contributed by atoms with Crippen molar-refractivity contribution >= 4 is 0 Å². The zero-order valence-electron chi connectivity index (χ0n) is 12.3. The van der Waals surface area contributed by atoms with Crippen molar-refractivity contribution < 1.29 is 4.74 Å². The Bertz CT molecular complexity index is 329. The predicted octanol–water partition coefficient (Wildman–Crippen LogP) is 3.77. The van der Waals surface area contributed by atoms with Gasteiger partial charge in [0.25, 0.3) is 0 Å². The summed E-state index contributed by atoms with van der Waals surface area (Å²) in [4.78, 5) is 2.49. The van der Waals surface area contributed by atoms with Gasteiger partial charge in [0.05, 0.1) is 7.11 Å². The average Bonchev–Trinajstić information content (AvgIpc) is 2.37. The fourth-order valence-electron chi connectivity index (χ4n) is 2.58. The SMILES string of the molecule is C=C/C(=C\C(=C/C)OC)CN1CC(CC)(CC)C1. The molecule has 0 unspecified atom stereocenters. The Hall–Kier alpha value is -1.02. The topological polar surface area (TPSA) is 12.5 Å². The van der Waals surface area contributed by atoms with Crippen molar-refractivity contribution in [2.45, 2.75) is 33.6 Å². The molecule has 0 radical (unpaired) electrons. The van der Waals surface area contributed by atoms with E-state index in [0.717, 1.165) is 12.3 Å². The third-order valence-electron chi connectivity index (χ3n) is 4.13. The summed E-state index contributed by atoms with van der Waals surface area (Å²) < 4.78 is 5.27. The highest BCUT2D eigenvalue weighted by Gasteiger charge is 2.39. The molecule has 0 atom stereocenters. The average molecular weight is 249 g/mol. The Morgan fingerprint density at radius 2 is 1.94 bits per heavy atom. The van der Waals surface area contributed by atoms with E-state index in [1.165, 1.54) is 31.5 Å². The minimum atomic E-state index is 0.566. The van der Waals surface area contributed by atoms with Crippen molar-refractivity contribution in [3.8, 4) is 0 Å². The van der Waals surface area contributed by atoms with Crippen LogP contribution in [0.1, 0.15) is 33.6 Å². The zero-order chi connectivity index (χ0) is 13.6. The van der Waals surface area contributed by atoms with Crippen LogP contribution in [0.4, 0.5) is 0 Å². The van der Waals surface area contributed by atoms with Gasteiger partial charge < -0.3 is 4.74 Å². The first-order valence-corrected chi connectivity index (χ1v) is 6.88. The van der Waals surface area contributed by atoms with Crippen LogP contribution in [-0.2, 0) is 4.74 Å². The van der Waals surface area contributed by atoms with E-state index in [2.05, 4.69) is 31.4 Å². The van der Waals surface area contributed by atoms with Gasteiger partial charge in [0.2, 0.25) is 0 Å². The summed E-state index contributed by atoms with van der Waals surface area (Å²) in [7, 11) is 1.70. The van der Waals surface area contributed by atoms with Crippen LogP contribution in [0.25, 0.3) is 0 Å². The molecule has 1 fully saturated rings. The molecular weight excluding hydrogens is 222 g/mol. The lowest BCUT2D eigenvalue weighted by Gasteiger charge is -2.50. The van der Waals surface area contributed by atoms with E-state index in [0.29, 0.717) is 5.41 Å². The number of hydrogen-bond donors (Lipinski definition) is 0. The number of methoxy groups -OCH3 is 1. The number of nitrogens with zero attached hydrogens (tertiary/aromatic N) is 1. The maximum absolute atomic E-state index is 5.27. The van der Waals surface area contributed by atoms with E-state index in [-0.39, 0.29) is 0 Å². The van der Waals surface area contributed by atoms with Gasteiger partial charge in [0, 0.05) is 19.6 Å². The Morgan fingerprint density at radius 1 is 1.33 bits per heavy atom. The quantitative estimate of drug-likeness (QED) is 0.503. The van der Waals surface area contributed by atoms with Crippen LogP contribution in [0.5, 0.6) is 0 Å². The minimum Gasteiger partial charge on any atom is -0.497 e. The molecule has 0 spiro atoms. The number of rotatable bonds is 7. The van der Waals surface area contributed by atoms with Gasteiger partial charge in [0.15, 0.2) is 0 Å². The first-order valence-electron chi connectivity index (χ1n) is 6.88. The van der Waals surface area contributed by atoms with Gasteiger partial charge in [-0.2, -0.15) is 0 Å². The van der Waals surface area contributed by atoms with Crippen LogP contribution in [0, 0.1) is 5.41 Å². The van der Waals surface area contributed by atoms with E-state index < -0.39 is 0 Å². The van der Waals surface area contributed by atoms with Gasteiger partial charge in [-0.1, -0.05) is 26.5 Å². The molecule has 0 N–H and O–H groups in total. The minimum absolute atomic E-state index is 0.566. The first kappa shape index (κ1) is 15.0. The molecule has 1 heterocycles. The van der Waals surface area contributed by atoms with E-state index in [9.17, 15) is 0 Å². The van der Waals surface area contributed by atoms with Gasteiger partial charge in [-0.05, 0) is 42.9 Å². The van der Waals surface area contributed by atoms with Gasteiger partial charge >= 0.3 is 0 Å². The Morgan fingerprint density at radius 3 is 2.33 bits per heavy atom. The van der Waals surface area contributed by atoms with Gasteiger partial charge in [-0.15, -0.1) is 0 Å². The summed E-state index contributed by atoms with van der Waals surface area (Å²) in [5.74, 6) is 0.905. The molecular formula is C16H27NO.